The van der Waals surface area contributed by atoms with Crippen LogP contribution in [0.1, 0.15) is 16.7 Å². The van der Waals surface area contributed by atoms with Crippen molar-refractivity contribution in [1.82, 2.24) is 15.0 Å². The van der Waals surface area contributed by atoms with Gasteiger partial charge in [0.1, 0.15) is 11.5 Å². The average Bonchev–Trinajstić information content (AvgIpc) is 3.07. The van der Waals surface area contributed by atoms with Gasteiger partial charge in [-0.1, -0.05) is 60.7 Å². The molecule has 0 aliphatic heterocycles. The van der Waals surface area contributed by atoms with Crippen LogP contribution in [0.15, 0.2) is 119 Å². The van der Waals surface area contributed by atoms with Gasteiger partial charge in [0.2, 0.25) is 10.0 Å². The highest BCUT2D eigenvalue weighted by atomic mass is 32.2. The lowest BCUT2D eigenvalue weighted by atomic mass is 10.1. The SMILES string of the molecule is COc1ccc(S(=O)(=O)N(CCc2ccccc2)CC(=O)N/N=C/c2ccc(OCC(=O)NCCc3ccccc3)cc2)cc1. The third-order valence-corrected chi connectivity index (χ3v) is 8.60. The third kappa shape index (κ3) is 10.6. The van der Waals surface area contributed by atoms with Gasteiger partial charge in [0.15, 0.2) is 6.61 Å². The number of amides is 2. The molecule has 4 rings (SSSR count). The number of nitrogens with zero attached hydrogens (tertiary/aromatic N) is 2. The Bertz CT molecular complexity index is 1650. The summed E-state index contributed by atoms with van der Waals surface area (Å²) in [5, 5.41) is 6.82. The summed E-state index contributed by atoms with van der Waals surface area (Å²) in [6.45, 7) is 0.0881. The number of hydrogen-bond donors (Lipinski definition) is 2. The molecule has 0 atom stereocenters. The number of nitrogens with one attached hydrogen (secondary N) is 2. The van der Waals surface area contributed by atoms with Crippen molar-refractivity contribution in [3.63, 3.8) is 0 Å². The Morgan fingerprint density at radius 3 is 2.00 bits per heavy atom. The first kappa shape index (κ1) is 32.9. The molecule has 0 radical (unpaired) electrons. The molecular formula is C34H36N4O6S. The smallest absolute Gasteiger partial charge is 0.257 e. The molecule has 4 aromatic carbocycles. The Hall–Kier alpha value is -5.00. The fourth-order valence-electron chi connectivity index (χ4n) is 4.29. The van der Waals surface area contributed by atoms with Crippen LogP contribution in [0.3, 0.4) is 0 Å². The van der Waals surface area contributed by atoms with E-state index in [2.05, 4.69) is 15.8 Å². The lowest BCUT2D eigenvalue weighted by Crippen LogP contribution is -2.40. The first-order valence-corrected chi connectivity index (χ1v) is 15.8. The van der Waals surface area contributed by atoms with Crippen LogP contribution < -0.4 is 20.2 Å². The van der Waals surface area contributed by atoms with Crippen molar-refractivity contribution < 1.29 is 27.5 Å². The molecule has 0 fully saturated rings. The molecule has 0 aliphatic carbocycles. The van der Waals surface area contributed by atoms with Crippen LogP contribution in [0.4, 0.5) is 0 Å². The Labute approximate surface area is 263 Å². The molecule has 0 spiro atoms. The maximum Gasteiger partial charge on any atom is 0.257 e. The van der Waals surface area contributed by atoms with Crippen molar-refractivity contribution in [3.05, 3.63) is 126 Å². The minimum absolute atomic E-state index is 0.0552. The van der Waals surface area contributed by atoms with Crippen molar-refractivity contribution in [3.8, 4) is 11.5 Å². The fraction of sp³-hybridized carbons (Fsp3) is 0.206. The molecule has 0 aliphatic rings. The van der Waals surface area contributed by atoms with Gasteiger partial charge < -0.3 is 14.8 Å². The normalized spacial score (nSPS) is 11.3. The van der Waals surface area contributed by atoms with Crippen LogP contribution in [-0.2, 0) is 32.5 Å². The minimum atomic E-state index is -3.98. The van der Waals surface area contributed by atoms with Crippen molar-refractivity contribution in [1.29, 1.82) is 0 Å². The van der Waals surface area contributed by atoms with Crippen molar-refractivity contribution in [2.75, 3.05) is 33.4 Å². The number of rotatable bonds is 16. The molecule has 10 nitrogen and oxygen atoms in total. The Kier molecular flexibility index (Phi) is 12.2. The Morgan fingerprint density at radius 1 is 0.778 bits per heavy atom. The summed E-state index contributed by atoms with van der Waals surface area (Å²) in [5.74, 6) is 0.226. The maximum absolute atomic E-state index is 13.5. The number of methoxy groups -OCH3 is 1. The summed E-state index contributed by atoms with van der Waals surface area (Å²) in [7, 11) is -2.48. The van der Waals surface area contributed by atoms with Gasteiger partial charge in [0.05, 0.1) is 24.8 Å². The molecule has 4 aromatic rings. The van der Waals surface area contributed by atoms with Crippen LogP contribution >= 0.6 is 0 Å². The van der Waals surface area contributed by atoms with Crippen LogP contribution in [-0.4, -0.2) is 64.1 Å². The highest BCUT2D eigenvalue weighted by molar-refractivity contribution is 7.89. The summed E-state index contributed by atoms with van der Waals surface area (Å²) < 4.78 is 38.7. The Morgan fingerprint density at radius 2 is 1.38 bits per heavy atom. The molecule has 2 amide bonds. The molecule has 2 N–H and O–H groups in total. The van der Waals surface area contributed by atoms with Gasteiger partial charge in [-0.3, -0.25) is 9.59 Å². The zero-order chi connectivity index (χ0) is 31.9. The second-order valence-corrected chi connectivity index (χ2v) is 11.9. The standard InChI is InChI=1S/C34H36N4O6S/c1-43-30-16-18-32(19-17-30)45(41,42)38(23-21-28-10-6-3-7-11-28)25-33(39)37-36-24-29-12-14-31(15-13-29)44-26-34(40)35-22-20-27-8-4-2-5-9-27/h2-19,24H,20-23,25-26H2,1H3,(H,35,40)(H,37,39)/b36-24+. The summed E-state index contributed by atoms with van der Waals surface area (Å²) >= 11 is 0. The largest absolute Gasteiger partial charge is 0.497 e. The van der Waals surface area contributed by atoms with E-state index < -0.39 is 22.5 Å². The monoisotopic (exact) mass is 628 g/mol. The third-order valence-electron chi connectivity index (χ3n) is 6.74. The molecule has 0 saturated carbocycles. The van der Waals surface area contributed by atoms with Gasteiger partial charge >= 0.3 is 0 Å². The quantitative estimate of drug-likeness (QED) is 0.144. The van der Waals surface area contributed by atoms with Crippen LogP contribution in [0.5, 0.6) is 11.5 Å². The topological polar surface area (TPSA) is 126 Å². The molecule has 0 heterocycles. The predicted octanol–water partition coefficient (Wildman–Crippen LogP) is 3.82. The summed E-state index contributed by atoms with van der Waals surface area (Å²) in [6, 6.07) is 32.2. The van der Waals surface area contributed by atoms with E-state index in [0.717, 1.165) is 21.9 Å². The predicted molar refractivity (Wildman–Crippen MR) is 173 cm³/mol. The van der Waals surface area contributed by atoms with Crippen LogP contribution in [0, 0.1) is 0 Å². The molecule has 11 heteroatoms. The highest BCUT2D eigenvalue weighted by Gasteiger charge is 2.26. The maximum atomic E-state index is 13.5. The highest BCUT2D eigenvalue weighted by Crippen LogP contribution is 2.20. The van der Waals surface area contributed by atoms with Gasteiger partial charge in [-0.15, -0.1) is 0 Å². The average molecular weight is 629 g/mol. The van der Waals surface area contributed by atoms with E-state index in [-0.39, 0.29) is 24.0 Å². The molecule has 0 aromatic heterocycles. The van der Waals surface area contributed by atoms with E-state index in [1.807, 2.05) is 60.7 Å². The van der Waals surface area contributed by atoms with Crippen LogP contribution in [0.25, 0.3) is 0 Å². The number of sulfonamides is 1. The van der Waals surface area contributed by atoms with Crippen molar-refractivity contribution in [2.24, 2.45) is 5.10 Å². The molecule has 0 bridgehead atoms. The van der Waals surface area contributed by atoms with Gasteiger partial charge in [-0.2, -0.15) is 9.41 Å². The van der Waals surface area contributed by atoms with Gasteiger partial charge in [-0.05, 0) is 78.1 Å². The lowest BCUT2D eigenvalue weighted by molar-refractivity contribution is -0.123. The van der Waals surface area contributed by atoms with Gasteiger partial charge in [-0.25, -0.2) is 13.8 Å². The number of carbonyl (C=O) groups is 2. The van der Waals surface area contributed by atoms with E-state index in [9.17, 15) is 18.0 Å². The number of ether oxygens (including phenoxy) is 2. The number of hydrogen-bond acceptors (Lipinski definition) is 7. The zero-order valence-electron chi connectivity index (χ0n) is 25.0. The summed E-state index contributed by atoms with van der Waals surface area (Å²) in [5.41, 5.74) is 5.17. The molecule has 0 saturated heterocycles. The first-order chi connectivity index (χ1) is 21.8. The molecular weight excluding hydrogens is 592 g/mol. The number of carbonyl (C=O) groups excluding carboxylic acids is 2. The number of hydrazone groups is 1. The fourth-order valence-corrected chi connectivity index (χ4v) is 5.69. The van der Waals surface area contributed by atoms with Crippen molar-refractivity contribution in [2.45, 2.75) is 17.7 Å². The molecule has 234 valence electrons. The molecule has 0 unspecified atom stereocenters. The van der Waals surface area contributed by atoms with E-state index >= 15 is 0 Å². The van der Waals surface area contributed by atoms with Gasteiger partial charge in [0.25, 0.3) is 11.8 Å². The second-order valence-electron chi connectivity index (χ2n) is 9.99. The lowest BCUT2D eigenvalue weighted by Gasteiger charge is -2.21. The van der Waals surface area contributed by atoms with Crippen molar-refractivity contribution >= 4 is 28.1 Å². The van der Waals surface area contributed by atoms with Crippen LogP contribution in [0.2, 0.25) is 0 Å². The number of benzene rings is 4. The van der Waals surface area contributed by atoms with E-state index in [1.54, 1.807) is 36.4 Å². The minimum Gasteiger partial charge on any atom is -0.497 e. The Balaban J connectivity index is 1.28. The summed E-state index contributed by atoms with van der Waals surface area (Å²) in [6.07, 6.45) is 2.60. The van der Waals surface area contributed by atoms with E-state index in [4.69, 9.17) is 9.47 Å². The summed E-state index contributed by atoms with van der Waals surface area (Å²) in [4.78, 5) is 24.9. The molecule has 45 heavy (non-hydrogen) atoms. The first-order valence-electron chi connectivity index (χ1n) is 14.4. The van der Waals surface area contributed by atoms with E-state index in [0.29, 0.717) is 30.0 Å². The van der Waals surface area contributed by atoms with Gasteiger partial charge in [0, 0.05) is 13.1 Å². The van der Waals surface area contributed by atoms with E-state index in [1.165, 1.54) is 25.5 Å². The second kappa shape index (κ2) is 16.7. The zero-order valence-corrected chi connectivity index (χ0v) is 25.8.